The van der Waals surface area contributed by atoms with E-state index in [0.29, 0.717) is 25.4 Å². The molecule has 0 atom stereocenters. The van der Waals surface area contributed by atoms with Crippen LogP contribution in [0.3, 0.4) is 0 Å². The summed E-state index contributed by atoms with van der Waals surface area (Å²) in [4.78, 5) is 0. The Hall–Kier alpha value is -0.660. The van der Waals surface area contributed by atoms with Gasteiger partial charge >= 0.3 is 0 Å². The molecule has 0 amide bonds. The number of hydrogen-bond acceptors (Lipinski definition) is 5. The van der Waals surface area contributed by atoms with Crippen LogP contribution in [0, 0.1) is 0 Å². The molecule has 0 aliphatic rings. The molecule has 92 valence electrons. The van der Waals surface area contributed by atoms with Crippen molar-refractivity contribution in [3.63, 3.8) is 0 Å². The summed E-state index contributed by atoms with van der Waals surface area (Å²) >= 11 is 0. The molecule has 1 aromatic rings. The molecule has 0 saturated heterocycles. The minimum atomic E-state index is -3.84. The number of hydrogen-bond donors (Lipinski definition) is 0. The number of methoxy groups -OCH3 is 1. The molecule has 0 aliphatic heterocycles. The molecule has 8 heteroatoms. The van der Waals surface area contributed by atoms with Gasteiger partial charge < -0.3 is 9.30 Å². The van der Waals surface area contributed by atoms with E-state index in [2.05, 4.69) is 10.2 Å². The average Bonchev–Trinajstić information content (AvgIpc) is 2.58. The molecule has 0 bridgehead atoms. The first-order valence-electron chi connectivity index (χ1n) is 4.86. The lowest BCUT2D eigenvalue weighted by molar-refractivity contribution is 0.199. The van der Waals surface area contributed by atoms with Crippen LogP contribution in [-0.4, -0.2) is 36.9 Å². The van der Waals surface area contributed by atoms with Crippen molar-refractivity contribution in [3.8, 4) is 0 Å². The average molecular weight is 268 g/mol. The molecule has 0 spiro atoms. The van der Waals surface area contributed by atoms with Crippen molar-refractivity contribution < 1.29 is 13.2 Å². The number of halogens is 1. The molecule has 0 unspecified atom stereocenters. The van der Waals surface area contributed by atoms with Gasteiger partial charge in [-0.15, -0.1) is 10.2 Å². The van der Waals surface area contributed by atoms with Gasteiger partial charge in [-0.05, 0) is 6.42 Å². The molecular formula is C8H14ClN3O3S. The third kappa shape index (κ3) is 3.16. The van der Waals surface area contributed by atoms with E-state index < -0.39 is 9.05 Å². The molecule has 0 aliphatic carbocycles. The molecule has 1 aromatic heterocycles. The summed E-state index contributed by atoms with van der Waals surface area (Å²) in [6, 6.07) is 0. The van der Waals surface area contributed by atoms with Crippen molar-refractivity contribution in [2.24, 2.45) is 0 Å². The molecule has 1 rings (SSSR count). The fourth-order valence-electron chi connectivity index (χ4n) is 1.33. The molecular weight excluding hydrogens is 254 g/mol. The van der Waals surface area contributed by atoms with Crippen molar-refractivity contribution in [2.45, 2.75) is 31.5 Å². The second-order valence-electron chi connectivity index (χ2n) is 3.23. The lowest BCUT2D eigenvalue weighted by Crippen LogP contribution is -2.11. The Morgan fingerprint density at radius 3 is 2.62 bits per heavy atom. The van der Waals surface area contributed by atoms with Gasteiger partial charge in [-0.2, -0.15) is 0 Å². The highest BCUT2D eigenvalue weighted by Gasteiger charge is 2.21. The topological polar surface area (TPSA) is 74.1 Å². The highest BCUT2D eigenvalue weighted by Crippen LogP contribution is 2.14. The Balaban J connectivity index is 3.07. The predicted octanol–water partition coefficient (Wildman–Crippen LogP) is 0.805. The first-order chi connectivity index (χ1) is 7.50. The Labute approximate surface area is 99.0 Å². The van der Waals surface area contributed by atoms with Crippen molar-refractivity contribution in [1.82, 2.24) is 14.8 Å². The van der Waals surface area contributed by atoms with E-state index in [9.17, 15) is 8.42 Å². The summed E-state index contributed by atoms with van der Waals surface area (Å²) in [6.07, 6.45) is 1.29. The van der Waals surface area contributed by atoms with Crippen LogP contribution in [0.2, 0.25) is 0 Å². The van der Waals surface area contributed by atoms with Gasteiger partial charge in [0.05, 0.1) is 6.61 Å². The Kier molecular flexibility index (Phi) is 4.69. The summed E-state index contributed by atoms with van der Waals surface area (Å²) in [6.45, 7) is 2.92. The second kappa shape index (κ2) is 5.60. The van der Waals surface area contributed by atoms with Crippen LogP contribution < -0.4 is 0 Å². The molecule has 0 fully saturated rings. The van der Waals surface area contributed by atoms with Gasteiger partial charge in [-0.3, -0.25) is 0 Å². The maximum atomic E-state index is 11.2. The monoisotopic (exact) mass is 267 g/mol. The summed E-state index contributed by atoms with van der Waals surface area (Å²) < 4.78 is 28.9. The van der Waals surface area contributed by atoms with E-state index in [1.807, 2.05) is 6.92 Å². The van der Waals surface area contributed by atoms with Gasteiger partial charge in [-0.25, -0.2) is 8.42 Å². The van der Waals surface area contributed by atoms with Gasteiger partial charge in [0.15, 0.2) is 0 Å². The Bertz CT molecular complexity index is 443. The zero-order valence-electron chi connectivity index (χ0n) is 9.18. The Morgan fingerprint density at radius 2 is 2.12 bits per heavy atom. The number of rotatable bonds is 6. The van der Waals surface area contributed by atoms with Gasteiger partial charge in [0, 0.05) is 30.8 Å². The van der Waals surface area contributed by atoms with Crippen molar-refractivity contribution in [3.05, 3.63) is 5.82 Å². The van der Waals surface area contributed by atoms with Crippen molar-refractivity contribution in [2.75, 3.05) is 13.7 Å². The lowest BCUT2D eigenvalue weighted by atomic mass is 10.4. The van der Waals surface area contributed by atoms with Gasteiger partial charge in [-0.1, -0.05) is 6.92 Å². The summed E-state index contributed by atoms with van der Waals surface area (Å²) in [5, 5.41) is 7.21. The molecule has 0 saturated carbocycles. The molecule has 0 aromatic carbocycles. The standard InChI is InChI=1S/C8H14ClN3O3S/c1-3-5-12-7(4-6-15-2)10-11-8(12)16(9,13)14/h3-6H2,1-2H3. The maximum Gasteiger partial charge on any atom is 0.296 e. The number of ether oxygens (including phenoxy) is 1. The second-order valence-corrected chi connectivity index (χ2v) is 5.69. The molecule has 16 heavy (non-hydrogen) atoms. The fourth-order valence-corrected chi connectivity index (χ4v) is 2.27. The van der Waals surface area contributed by atoms with Crippen LogP contribution in [0.1, 0.15) is 19.2 Å². The summed E-state index contributed by atoms with van der Waals surface area (Å²) in [7, 11) is 2.99. The van der Waals surface area contributed by atoms with Crippen LogP contribution >= 0.6 is 10.7 Å². The normalized spacial score (nSPS) is 11.9. The van der Waals surface area contributed by atoms with Crippen LogP contribution in [0.25, 0.3) is 0 Å². The van der Waals surface area contributed by atoms with Crippen molar-refractivity contribution in [1.29, 1.82) is 0 Å². The van der Waals surface area contributed by atoms with Crippen molar-refractivity contribution >= 4 is 19.7 Å². The first-order valence-corrected chi connectivity index (χ1v) is 7.17. The summed E-state index contributed by atoms with van der Waals surface area (Å²) in [5.74, 6) is 0.572. The molecule has 1 heterocycles. The smallest absolute Gasteiger partial charge is 0.296 e. The third-order valence-electron chi connectivity index (χ3n) is 1.99. The SMILES string of the molecule is CCCn1c(CCOC)nnc1S(=O)(=O)Cl. The highest BCUT2D eigenvalue weighted by molar-refractivity contribution is 8.13. The highest BCUT2D eigenvalue weighted by atomic mass is 35.7. The van der Waals surface area contributed by atoms with Gasteiger partial charge in [0.2, 0.25) is 0 Å². The third-order valence-corrected chi connectivity index (χ3v) is 3.14. The zero-order chi connectivity index (χ0) is 12.2. The van der Waals surface area contributed by atoms with E-state index in [1.54, 1.807) is 7.11 Å². The van der Waals surface area contributed by atoms with Crippen LogP contribution in [0.4, 0.5) is 0 Å². The first kappa shape index (κ1) is 13.4. The maximum absolute atomic E-state index is 11.2. The lowest BCUT2D eigenvalue weighted by Gasteiger charge is -2.06. The van der Waals surface area contributed by atoms with Crippen LogP contribution in [0.5, 0.6) is 0 Å². The van der Waals surface area contributed by atoms with Crippen LogP contribution in [-0.2, 0) is 26.8 Å². The molecule has 0 N–H and O–H groups in total. The fraction of sp³-hybridized carbons (Fsp3) is 0.750. The van der Waals surface area contributed by atoms with Crippen LogP contribution in [0.15, 0.2) is 5.16 Å². The number of aromatic nitrogens is 3. The largest absolute Gasteiger partial charge is 0.384 e. The van der Waals surface area contributed by atoms with E-state index in [1.165, 1.54) is 4.57 Å². The zero-order valence-corrected chi connectivity index (χ0v) is 10.8. The quantitative estimate of drug-likeness (QED) is 0.713. The summed E-state index contributed by atoms with van der Waals surface area (Å²) in [5.41, 5.74) is 0. The van der Waals surface area contributed by atoms with Gasteiger partial charge in [0.1, 0.15) is 5.82 Å². The van der Waals surface area contributed by atoms with Gasteiger partial charge in [0.25, 0.3) is 14.2 Å². The van der Waals surface area contributed by atoms with E-state index in [0.717, 1.165) is 6.42 Å². The minimum absolute atomic E-state index is 0.192. The predicted molar refractivity (Wildman–Crippen MR) is 58.9 cm³/mol. The number of nitrogens with zero attached hydrogens (tertiary/aromatic N) is 3. The van der Waals surface area contributed by atoms with E-state index in [4.69, 9.17) is 15.4 Å². The molecule has 0 radical (unpaired) electrons. The Morgan fingerprint density at radius 1 is 1.44 bits per heavy atom. The molecule has 6 nitrogen and oxygen atoms in total. The minimum Gasteiger partial charge on any atom is -0.384 e. The van der Waals surface area contributed by atoms with E-state index >= 15 is 0 Å². The van der Waals surface area contributed by atoms with E-state index in [-0.39, 0.29) is 5.16 Å².